The lowest BCUT2D eigenvalue weighted by Gasteiger charge is -2.24. The number of rotatable bonds is 3. The number of aromatic nitrogens is 2. The third-order valence-corrected chi connectivity index (χ3v) is 5.45. The van der Waals surface area contributed by atoms with Crippen molar-refractivity contribution in [2.24, 2.45) is 5.92 Å². The molecule has 2 aliphatic heterocycles. The summed E-state index contributed by atoms with van der Waals surface area (Å²) in [7, 11) is 0. The Hall–Kier alpha value is -2.05. The average molecular weight is 360 g/mol. The fourth-order valence-electron chi connectivity index (χ4n) is 3.80. The van der Waals surface area contributed by atoms with E-state index >= 15 is 0 Å². The maximum Gasteiger partial charge on any atom is 0.323 e. The number of halogens is 1. The van der Waals surface area contributed by atoms with Crippen molar-refractivity contribution in [1.82, 2.24) is 20.0 Å². The van der Waals surface area contributed by atoms with Gasteiger partial charge in [-0.05, 0) is 37.0 Å². The van der Waals surface area contributed by atoms with E-state index in [1.165, 1.54) is 0 Å². The first-order valence-corrected chi connectivity index (χ1v) is 9.05. The molecule has 0 saturated carbocycles. The first kappa shape index (κ1) is 16.4. The number of anilines is 1. The number of hydrogen-bond acceptors (Lipinski definition) is 3. The van der Waals surface area contributed by atoms with Crippen molar-refractivity contribution in [1.29, 1.82) is 0 Å². The molecule has 132 valence electrons. The summed E-state index contributed by atoms with van der Waals surface area (Å²) in [5.41, 5.74) is 2.05. The van der Waals surface area contributed by atoms with Crippen molar-refractivity contribution in [3.8, 4) is 0 Å². The molecule has 0 radical (unpaired) electrons. The molecule has 4 rings (SSSR count). The molecular weight excluding hydrogens is 338 g/mol. The lowest BCUT2D eigenvalue weighted by atomic mass is 10.1. The van der Waals surface area contributed by atoms with Crippen molar-refractivity contribution in [3.05, 3.63) is 46.6 Å². The van der Waals surface area contributed by atoms with Crippen LogP contribution in [-0.4, -0.2) is 46.4 Å². The van der Waals surface area contributed by atoms with Crippen LogP contribution in [0.1, 0.15) is 17.5 Å². The second-order valence-corrected chi connectivity index (χ2v) is 7.29. The number of nitrogens with one attached hydrogen (secondary N) is 2. The van der Waals surface area contributed by atoms with Gasteiger partial charge in [-0.1, -0.05) is 23.7 Å². The average Bonchev–Trinajstić information content (AvgIpc) is 3.28. The van der Waals surface area contributed by atoms with Gasteiger partial charge in [-0.25, -0.2) is 9.48 Å². The number of carbonyl (C=O) groups excluding carboxylic acids is 1. The van der Waals surface area contributed by atoms with Crippen LogP contribution in [0.15, 0.2) is 30.5 Å². The zero-order valence-corrected chi connectivity index (χ0v) is 15.0. The van der Waals surface area contributed by atoms with Crippen molar-refractivity contribution in [2.45, 2.75) is 25.9 Å². The zero-order chi connectivity index (χ0) is 17.4. The molecule has 0 spiro atoms. The highest BCUT2D eigenvalue weighted by Gasteiger charge is 2.40. The minimum absolute atomic E-state index is 0.0304. The summed E-state index contributed by atoms with van der Waals surface area (Å²) in [6.45, 7) is 5.29. The third kappa shape index (κ3) is 3.24. The topological polar surface area (TPSA) is 62.2 Å². The molecule has 6 nitrogen and oxygen atoms in total. The van der Waals surface area contributed by atoms with Crippen LogP contribution in [0.25, 0.3) is 0 Å². The Kier molecular flexibility index (Phi) is 4.39. The van der Waals surface area contributed by atoms with E-state index in [-0.39, 0.29) is 6.03 Å². The highest BCUT2D eigenvalue weighted by atomic mass is 35.5. The normalized spacial score (nSPS) is 22.2. The molecule has 2 N–H and O–H groups in total. The molecule has 0 unspecified atom stereocenters. The smallest absolute Gasteiger partial charge is 0.320 e. The van der Waals surface area contributed by atoms with Crippen LogP contribution in [0, 0.1) is 12.8 Å². The maximum absolute atomic E-state index is 12.8. The van der Waals surface area contributed by atoms with Gasteiger partial charge in [0.05, 0.1) is 12.7 Å². The number of aryl methyl sites for hydroxylation is 1. The standard InChI is InChI=1S/C18H22ClN5O/c1-12-8-21-24(11-13-2-4-15(19)5-3-13)17(12)22-18(25)23-7-6-14-9-20-10-16(14)23/h2-5,8,14,16,20H,6-7,9-11H2,1H3,(H,22,25)/t14-,16+/m0/s1. The van der Waals surface area contributed by atoms with Crippen molar-refractivity contribution in [3.63, 3.8) is 0 Å². The Bertz CT molecular complexity index is 772. The van der Waals surface area contributed by atoms with Gasteiger partial charge in [-0.3, -0.25) is 5.32 Å². The molecule has 0 bridgehead atoms. The lowest BCUT2D eigenvalue weighted by molar-refractivity contribution is 0.206. The number of amides is 2. The first-order chi connectivity index (χ1) is 12.1. The third-order valence-electron chi connectivity index (χ3n) is 5.20. The SMILES string of the molecule is Cc1cnn(Cc2ccc(Cl)cc2)c1NC(=O)N1CC[C@H]2CNC[C@H]21. The Morgan fingerprint density at radius 1 is 1.36 bits per heavy atom. The second kappa shape index (κ2) is 6.69. The van der Waals surface area contributed by atoms with Crippen molar-refractivity contribution < 1.29 is 4.79 Å². The van der Waals surface area contributed by atoms with Gasteiger partial charge in [-0.2, -0.15) is 5.10 Å². The van der Waals surface area contributed by atoms with Crippen LogP contribution in [0.2, 0.25) is 5.02 Å². The molecule has 1 aromatic carbocycles. The van der Waals surface area contributed by atoms with E-state index in [0.29, 0.717) is 23.5 Å². The predicted octanol–water partition coefficient (Wildman–Crippen LogP) is 2.72. The number of likely N-dealkylation sites (tertiary alicyclic amines) is 1. The molecule has 3 heterocycles. The van der Waals surface area contributed by atoms with Crippen molar-refractivity contribution in [2.75, 3.05) is 25.0 Å². The monoisotopic (exact) mass is 359 g/mol. The van der Waals surface area contributed by atoms with Gasteiger partial charge < -0.3 is 10.2 Å². The fraction of sp³-hybridized carbons (Fsp3) is 0.444. The van der Waals surface area contributed by atoms with Gasteiger partial charge in [0, 0.05) is 36.3 Å². The van der Waals surface area contributed by atoms with E-state index in [1.807, 2.05) is 40.8 Å². The predicted molar refractivity (Wildman–Crippen MR) is 98.0 cm³/mol. The Morgan fingerprint density at radius 2 is 2.16 bits per heavy atom. The van der Waals surface area contributed by atoms with Crippen LogP contribution in [0.5, 0.6) is 0 Å². The van der Waals surface area contributed by atoms with Gasteiger partial charge in [0.1, 0.15) is 5.82 Å². The number of hydrogen-bond donors (Lipinski definition) is 2. The van der Waals surface area contributed by atoms with E-state index in [0.717, 1.165) is 43.0 Å². The fourth-order valence-corrected chi connectivity index (χ4v) is 3.92. The van der Waals surface area contributed by atoms with E-state index in [4.69, 9.17) is 11.6 Å². The van der Waals surface area contributed by atoms with Gasteiger partial charge >= 0.3 is 6.03 Å². The summed E-state index contributed by atoms with van der Waals surface area (Å²) in [6, 6.07) is 7.96. The second-order valence-electron chi connectivity index (χ2n) is 6.86. The van der Waals surface area contributed by atoms with Crippen LogP contribution in [0.3, 0.4) is 0 Å². The van der Waals surface area contributed by atoms with Crippen LogP contribution < -0.4 is 10.6 Å². The highest BCUT2D eigenvalue weighted by Crippen LogP contribution is 2.28. The number of nitrogens with zero attached hydrogens (tertiary/aromatic N) is 3. The molecule has 2 fully saturated rings. The molecular formula is C18H22ClN5O. The molecule has 25 heavy (non-hydrogen) atoms. The number of urea groups is 1. The number of fused-ring (bicyclic) bond motifs is 1. The molecule has 2 amide bonds. The highest BCUT2D eigenvalue weighted by molar-refractivity contribution is 6.30. The van der Waals surface area contributed by atoms with Gasteiger partial charge in [0.25, 0.3) is 0 Å². The Balaban J connectivity index is 1.49. The summed E-state index contributed by atoms with van der Waals surface area (Å²) < 4.78 is 1.83. The molecule has 1 aromatic heterocycles. The summed E-state index contributed by atoms with van der Waals surface area (Å²) in [4.78, 5) is 14.7. The number of carbonyl (C=O) groups is 1. The number of benzene rings is 1. The first-order valence-electron chi connectivity index (χ1n) is 8.67. The quantitative estimate of drug-likeness (QED) is 0.885. The van der Waals surface area contributed by atoms with E-state index in [2.05, 4.69) is 15.7 Å². The van der Waals surface area contributed by atoms with Gasteiger partial charge in [-0.15, -0.1) is 0 Å². The van der Waals surface area contributed by atoms with Crippen LogP contribution in [-0.2, 0) is 6.54 Å². The van der Waals surface area contributed by atoms with Crippen LogP contribution >= 0.6 is 11.6 Å². The maximum atomic E-state index is 12.8. The largest absolute Gasteiger partial charge is 0.323 e. The minimum Gasteiger partial charge on any atom is -0.320 e. The Labute approximate surface area is 152 Å². The molecule has 2 aliphatic rings. The molecule has 7 heteroatoms. The summed E-state index contributed by atoms with van der Waals surface area (Å²) in [6.07, 6.45) is 2.86. The summed E-state index contributed by atoms with van der Waals surface area (Å²) in [5, 5.41) is 11.6. The van der Waals surface area contributed by atoms with Gasteiger partial charge in [0.15, 0.2) is 0 Å². The van der Waals surface area contributed by atoms with Crippen LogP contribution in [0.4, 0.5) is 10.6 Å². The summed E-state index contributed by atoms with van der Waals surface area (Å²) >= 11 is 5.95. The molecule has 2 atom stereocenters. The molecule has 0 aliphatic carbocycles. The molecule has 2 aromatic rings. The van der Waals surface area contributed by atoms with E-state index in [9.17, 15) is 4.79 Å². The van der Waals surface area contributed by atoms with E-state index < -0.39 is 0 Å². The molecule has 2 saturated heterocycles. The zero-order valence-electron chi connectivity index (χ0n) is 14.2. The Morgan fingerprint density at radius 3 is 2.96 bits per heavy atom. The van der Waals surface area contributed by atoms with E-state index in [1.54, 1.807) is 6.20 Å². The van der Waals surface area contributed by atoms with Gasteiger partial charge in [0.2, 0.25) is 0 Å². The minimum atomic E-state index is -0.0304. The lowest BCUT2D eigenvalue weighted by Crippen LogP contribution is -2.42. The van der Waals surface area contributed by atoms with Crippen molar-refractivity contribution >= 4 is 23.4 Å². The summed E-state index contributed by atoms with van der Waals surface area (Å²) in [5.74, 6) is 1.35.